The Hall–Kier alpha value is -1.45. The molecule has 1 saturated heterocycles. The Morgan fingerprint density at radius 1 is 1.29 bits per heavy atom. The maximum Gasteiger partial charge on any atom is 1.00 e. The van der Waals surface area contributed by atoms with Gasteiger partial charge in [-0.25, -0.2) is 14.2 Å². The van der Waals surface area contributed by atoms with E-state index < -0.39 is 32.4 Å². The summed E-state index contributed by atoms with van der Waals surface area (Å²) in [7, 11) is -1.84. The Morgan fingerprint density at radius 3 is 2.60 bits per heavy atom. The van der Waals surface area contributed by atoms with Crippen molar-refractivity contribution in [3.63, 3.8) is 0 Å². The van der Waals surface area contributed by atoms with Gasteiger partial charge in [0, 0.05) is 24.4 Å². The van der Waals surface area contributed by atoms with Gasteiger partial charge in [0.2, 0.25) is 0 Å². The van der Waals surface area contributed by atoms with Crippen LogP contribution in [0.2, 0.25) is 0 Å². The van der Waals surface area contributed by atoms with Gasteiger partial charge in [-0.05, 0) is 35.5 Å². The molecule has 0 saturated carbocycles. The molecule has 0 radical (unpaired) electrons. The van der Waals surface area contributed by atoms with Crippen molar-refractivity contribution in [2.75, 3.05) is 30.0 Å². The minimum absolute atomic E-state index is 0. The molecule has 1 aliphatic heterocycles. The molecule has 1 aromatic carbocycles. The number of aromatic nitrogens is 5. The zero-order chi connectivity index (χ0) is 23.8. The van der Waals surface area contributed by atoms with Gasteiger partial charge >= 0.3 is 65.2 Å². The molecule has 0 aliphatic carbocycles. The number of carbonyl (C=O) groups excluding carboxylic acids is 1. The number of phosphoric ester groups is 1. The number of anilines is 3. The van der Waals surface area contributed by atoms with Crippen molar-refractivity contribution in [1.82, 2.24) is 25.2 Å². The van der Waals surface area contributed by atoms with Gasteiger partial charge in [-0.15, -0.1) is 5.10 Å². The maximum atomic E-state index is 14.9. The quantitative estimate of drug-likeness (QED) is 0.214. The number of nitrogens with zero attached hydrogens (tertiary/aromatic N) is 7. The number of tetrazole rings is 1. The van der Waals surface area contributed by atoms with Crippen molar-refractivity contribution in [3.8, 4) is 11.1 Å². The molecule has 1 atom stereocenters. The second kappa shape index (κ2) is 12.2. The third-order valence-electron chi connectivity index (χ3n) is 4.76. The second-order valence-corrected chi connectivity index (χ2v) is 8.22. The van der Waals surface area contributed by atoms with E-state index in [2.05, 4.69) is 24.9 Å². The van der Waals surface area contributed by atoms with Gasteiger partial charge < -0.3 is 23.6 Å². The molecule has 1 amide bonds. The molecule has 4 rings (SSSR count). The predicted molar refractivity (Wildman–Crippen MR) is 108 cm³/mol. The molecule has 17 heteroatoms. The smallest absolute Gasteiger partial charge is 0.790 e. The number of phosphoric acid groups is 1. The molecule has 3 aromatic rings. The van der Waals surface area contributed by atoms with Crippen LogP contribution in [0.5, 0.6) is 0 Å². The van der Waals surface area contributed by atoms with Crippen LogP contribution in [-0.4, -0.2) is 57.6 Å². The number of halogens is 1. The van der Waals surface area contributed by atoms with Crippen molar-refractivity contribution in [2.24, 2.45) is 7.05 Å². The first-order chi connectivity index (χ1) is 15.6. The van der Waals surface area contributed by atoms with Crippen LogP contribution in [0.25, 0.3) is 11.1 Å². The first-order valence-electron chi connectivity index (χ1n) is 9.49. The van der Waals surface area contributed by atoms with Crippen molar-refractivity contribution in [3.05, 3.63) is 42.3 Å². The summed E-state index contributed by atoms with van der Waals surface area (Å²) in [6, 6.07) is 7.49. The van der Waals surface area contributed by atoms with E-state index in [9.17, 15) is 23.5 Å². The van der Waals surface area contributed by atoms with Crippen LogP contribution in [0.3, 0.4) is 0 Å². The summed E-state index contributed by atoms with van der Waals surface area (Å²) in [6.07, 6.45) is -0.301. The number of amides is 1. The third kappa shape index (κ3) is 7.29. The van der Waals surface area contributed by atoms with Crippen molar-refractivity contribution in [1.29, 1.82) is 0 Å². The monoisotopic (exact) mass is 523 g/mol. The van der Waals surface area contributed by atoms with Crippen LogP contribution in [-0.2, 0) is 20.9 Å². The number of hydrogen-bond acceptors (Lipinski definition) is 11. The molecular weight excluding hydrogens is 506 g/mol. The first-order valence-corrected chi connectivity index (χ1v) is 11.0. The van der Waals surface area contributed by atoms with E-state index in [0.29, 0.717) is 17.3 Å². The van der Waals surface area contributed by atoms with E-state index in [4.69, 9.17) is 4.74 Å². The Morgan fingerprint density at radius 2 is 2.03 bits per heavy atom. The standard InChI is InChI=1S/C18H19FN7O6P.2Na/c1-24(17-21-23-25(2)22-17)16-6-3-11(8-20-16)14-5-4-12(7-15(14)19)26-9-13(32-18(26)27)10-31-33(28,29)30;;/h3-8,13H,9-10H2,1-2H3,(H2,28,29,30);;/q;2*+1/p-2/t13-;;/m1../s1. The number of hydrogen-bond donors (Lipinski definition) is 0. The second-order valence-electron chi connectivity index (χ2n) is 7.07. The third-order valence-corrected chi connectivity index (χ3v) is 5.22. The van der Waals surface area contributed by atoms with Gasteiger partial charge in [-0.1, -0.05) is 5.10 Å². The zero-order valence-corrected chi connectivity index (χ0v) is 24.3. The SMILES string of the molecule is CN(c1ccc(-c2ccc(N3C[C@H](COP(=O)([O-])[O-])OC3=O)cc2F)cn1)c1nnn(C)n1.[Na+].[Na+]. The van der Waals surface area contributed by atoms with Crippen molar-refractivity contribution >= 4 is 31.4 Å². The maximum absolute atomic E-state index is 14.9. The number of pyridine rings is 1. The average molecular weight is 523 g/mol. The summed E-state index contributed by atoms with van der Waals surface area (Å²) in [5, 5.41) is 11.8. The molecule has 35 heavy (non-hydrogen) atoms. The number of cyclic esters (lactones) is 1. The van der Waals surface area contributed by atoms with E-state index in [0.717, 1.165) is 11.0 Å². The Bertz CT molecular complexity index is 1230. The summed E-state index contributed by atoms with van der Waals surface area (Å²) in [6.45, 7) is -0.708. The van der Waals surface area contributed by atoms with Crippen molar-refractivity contribution < 1.29 is 91.9 Å². The molecule has 0 spiro atoms. The molecule has 13 nitrogen and oxygen atoms in total. The molecule has 2 aromatic heterocycles. The number of ether oxygens (including phenoxy) is 1. The molecular formula is C18H17FN7Na2O6P. The van der Waals surface area contributed by atoms with Crippen LogP contribution < -0.4 is 78.7 Å². The van der Waals surface area contributed by atoms with E-state index >= 15 is 0 Å². The normalized spacial score (nSPS) is 15.3. The molecule has 0 unspecified atom stereocenters. The summed E-state index contributed by atoms with van der Waals surface area (Å²) in [5.41, 5.74) is 0.957. The Labute approximate surface area is 243 Å². The van der Waals surface area contributed by atoms with Crippen LogP contribution >= 0.6 is 7.82 Å². The summed E-state index contributed by atoms with van der Waals surface area (Å²) in [5.74, 6) is 0.266. The van der Waals surface area contributed by atoms with Crippen LogP contribution in [0.1, 0.15) is 0 Å². The van der Waals surface area contributed by atoms with Gasteiger partial charge in [0.1, 0.15) is 17.7 Å². The minimum Gasteiger partial charge on any atom is -0.790 e. The number of aryl methyl sites for hydroxylation is 1. The van der Waals surface area contributed by atoms with Gasteiger partial charge in [-0.3, -0.25) is 9.80 Å². The van der Waals surface area contributed by atoms with E-state index in [1.807, 2.05) is 0 Å². The summed E-state index contributed by atoms with van der Waals surface area (Å²) >= 11 is 0. The summed E-state index contributed by atoms with van der Waals surface area (Å²) in [4.78, 5) is 41.6. The first kappa shape index (κ1) is 29.8. The Balaban J connectivity index is 0.00000216. The van der Waals surface area contributed by atoms with Crippen LogP contribution in [0.4, 0.5) is 26.6 Å². The predicted octanol–water partition coefficient (Wildman–Crippen LogP) is -5.64. The van der Waals surface area contributed by atoms with Crippen molar-refractivity contribution in [2.45, 2.75) is 6.10 Å². The fraction of sp³-hybridized carbons (Fsp3) is 0.278. The van der Waals surface area contributed by atoms with Gasteiger partial charge in [0.15, 0.2) is 0 Å². The number of rotatable bonds is 7. The van der Waals surface area contributed by atoms with Gasteiger partial charge in [0.05, 0.1) is 33.7 Å². The minimum atomic E-state index is -5.19. The molecule has 0 bridgehead atoms. The molecule has 3 heterocycles. The van der Waals surface area contributed by atoms with Gasteiger partial charge in [-0.2, -0.15) is 4.80 Å². The average Bonchev–Trinajstić information content (AvgIpc) is 3.37. The van der Waals surface area contributed by atoms with Crippen LogP contribution in [0.15, 0.2) is 36.5 Å². The number of carbonyl (C=O) groups is 1. The fourth-order valence-electron chi connectivity index (χ4n) is 3.15. The molecule has 0 N–H and O–H groups in total. The molecule has 1 aliphatic rings. The molecule has 174 valence electrons. The van der Waals surface area contributed by atoms with E-state index in [-0.39, 0.29) is 76.9 Å². The Kier molecular flexibility index (Phi) is 10.4. The fourth-order valence-corrected chi connectivity index (χ4v) is 3.50. The topological polar surface area (TPSA) is 162 Å². The van der Waals surface area contributed by atoms with E-state index in [1.54, 1.807) is 31.1 Å². The van der Waals surface area contributed by atoms with Crippen LogP contribution in [0, 0.1) is 5.82 Å². The molecule has 1 fully saturated rings. The van der Waals surface area contributed by atoms with Gasteiger partial charge in [0.25, 0.3) is 5.95 Å². The summed E-state index contributed by atoms with van der Waals surface area (Å²) < 4.78 is 34.6. The largest absolute Gasteiger partial charge is 1.00 e. The number of benzene rings is 1. The zero-order valence-electron chi connectivity index (χ0n) is 19.4. The van der Waals surface area contributed by atoms with E-state index in [1.165, 1.54) is 23.1 Å².